The molecule has 1 rings (SSSR count). The summed E-state index contributed by atoms with van der Waals surface area (Å²) in [4.78, 5) is 16.9. The minimum Gasteiger partial charge on any atom is -0.350 e. The predicted molar refractivity (Wildman–Crippen MR) is 66.1 cm³/mol. The van der Waals surface area contributed by atoms with Crippen LogP contribution in [0.1, 0.15) is 30.8 Å². The molecule has 0 bridgehead atoms. The summed E-state index contributed by atoms with van der Waals surface area (Å²) in [7, 11) is 0. The van der Waals surface area contributed by atoms with E-state index in [4.69, 9.17) is 5.73 Å². The van der Waals surface area contributed by atoms with Crippen molar-refractivity contribution in [3.05, 3.63) is 16.1 Å². The quantitative estimate of drug-likeness (QED) is 0.819. The van der Waals surface area contributed by atoms with Crippen LogP contribution in [-0.2, 0) is 11.3 Å². The Kier molecular flexibility index (Phi) is 4.89. The van der Waals surface area contributed by atoms with E-state index in [2.05, 4.69) is 10.3 Å². The number of hydrogen-bond donors (Lipinski definition) is 2. The van der Waals surface area contributed by atoms with Crippen molar-refractivity contribution in [3.8, 4) is 0 Å². The van der Waals surface area contributed by atoms with Crippen LogP contribution in [0, 0.1) is 12.8 Å². The number of nitrogens with one attached hydrogen (secondary N) is 1. The molecule has 4 nitrogen and oxygen atoms in total. The van der Waals surface area contributed by atoms with E-state index >= 15 is 0 Å². The summed E-state index contributed by atoms with van der Waals surface area (Å²) in [5.74, 6) is 0.129. The maximum atomic E-state index is 11.7. The smallest absolute Gasteiger partial charge is 0.237 e. The Morgan fingerprint density at radius 3 is 2.88 bits per heavy atom. The third-order valence-electron chi connectivity index (χ3n) is 2.83. The van der Waals surface area contributed by atoms with Crippen LogP contribution in [0.3, 0.4) is 0 Å². The van der Waals surface area contributed by atoms with E-state index < -0.39 is 6.04 Å². The fraction of sp³-hybridized carbons (Fsp3) is 0.636. The van der Waals surface area contributed by atoms with Gasteiger partial charge in [0, 0.05) is 4.88 Å². The normalized spacial score (nSPS) is 14.5. The van der Waals surface area contributed by atoms with E-state index in [9.17, 15) is 4.79 Å². The molecule has 1 amide bonds. The number of hydrogen-bond acceptors (Lipinski definition) is 4. The molecule has 2 atom stereocenters. The summed E-state index contributed by atoms with van der Waals surface area (Å²) < 4.78 is 0. The van der Waals surface area contributed by atoms with Crippen LogP contribution in [0.4, 0.5) is 0 Å². The zero-order chi connectivity index (χ0) is 12.1. The van der Waals surface area contributed by atoms with E-state index in [1.807, 2.05) is 20.8 Å². The lowest BCUT2D eigenvalue weighted by atomic mass is 9.99. The molecular formula is C11H19N3OS. The van der Waals surface area contributed by atoms with Crippen LogP contribution in [0.25, 0.3) is 0 Å². The molecule has 1 aromatic rings. The zero-order valence-corrected chi connectivity index (χ0v) is 10.8. The third-order valence-corrected chi connectivity index (χ3v) is 3.76. The number of nitrogens with zero attached hydrogens (tertiary/aromatic N) is 1. The topological polar surface area (TPSA) is 68.0 Å². The minimum atomic E-state index is -0.418. The van der Waals surface area contributed by atoms with Crippen LogP contribution in [0.2, 0.25) is 0 Å². The van der Waals surface area contributed by atoms with Crippen molar-refractivity contribution in [2.75, 3.05) is 0 Å². The number of aromatic nitrogens is 1. The first kappa shape index (κ1) is 13.1. The summed E-state index contributed by atoms with van der Waals surface area (Å²) in [6, 6.07) is -0.418. The highest BCUT2D eigenvalue weighted by Crippen LogP contribution is 2.12. The number of nitrogens with two attached hydrogens (primary N) is 1. The van der Waals surface area contributed by atoms with Gasteiger partial charge in [-0.15, -0.1) is 11.3 Å². The first-order valence-corrected chi connectivity index (χ1v) is 6.36. The van der Waals surface area contributed by atoms with Crippen molar-refractivity contribution < 1.29 is 4.79 Å². The number of thiazole rings is 1. The Bertz CT molecular complexity index is 351. The van der Waals surface area contributed by atoms with Crippen molar-refractivity contribution in [2.24, 2.45) is 11.7 Å². The second-order valence-electron chi connectivity index (χ2n) is 3.99. The highest BCUT2D eigenvalue weighted by molar-refractivity contribution is 7.09. The molecule has 0 saturated carbocycles. The van der Waals surface area contributed by atoms with Gasteiger partial charge in [0.05, 0.1) is 23.8 Å². The highest BCUT2D eigenvalue weighted by atomic mass is 32.1. The van der Waals surface area contributed by atoms with E-state index in [1.165, 1.54) is 0 Å². The fourth-order valence-corrected chi connectivity index (χ4v) is 2.01. The molecule has 1 unspecified atom stereocenters. The molecule has 5 heteroatoms. The first-order valence-electron chi connectivity index (χ1n) is 5.48. The Labute approximate surface area is 100 Å². The molecule has 90 valence electrons. The van der Waals surface area contributed by atoms with Crippen LogP contribution in [0.5, 0.6) is 0 Å². The number of carbonyl (C=O) groups excluding carboxylic acids is 1. The lowest BCUT2D eigenvalue weighted by Crippen LogP contribution is -2.44. The highest BCUT2D eigenvalue weighted by Gasteiger charge is 2.19. The molecule has 1 aromatic heterocycles. The van der Waals surface area contributed by atoms with Crippen LogP contribution in [0.15, 0.2) is 5.51 Å². The second-order valence-corrected chi connectivity index (χ2v) is 4.93. The van der Waals surface area contributed by atoms with Gasteiger partial charge in [-0.2, -0.15) is 0 Å². The van der Waals surface area contributed by atoms with Gasteiger partial charge in [-0.3, -0.25) is 4.79 Å². The number of carbonyl (C=O) groups is 1. The molecule has 0 saturated heterocycles. The van der Waals surface area contributed by atoms with Gasteiger partial charge < -0.3 is 11.1 Å². The maximum absolute atomic E-state index is 11.7. The predicted octanol–water partition coefficient (Wildman–Crippen LogP) is 1.44. The number of aryl methyl sites for hydroxylation is 1. The van der Waals surface area contributed by atoms with Gasteiger partial charge in [-0.05, 0) is 12.8 Å². The van der Waals surface area contributed by atoms with Crippen molar-refractivity contribution >= 4 is 17.2 Å². The van der Waals surface area contributed by atoms with Crippen LogP contribution < -0.4 is 11.1 Å². The Morgan fingerprint density at radius 1 is 1.69 bits per heavy atom. The van der Waals surface area contributed by atoms with Gasteiger partial charge in [-0.25, -0.2) is 4.98 Å². The maximum Gasteiger partial charge on any atom is 0.237 e. The molecule has 0 aliphatic heterocycles. The summed E-state index contributed by atoms with van der Waals surface area (Å²) in [6.07, 6.45) is 0.911. The third kappa shape index (κ3) is 3.28. The van der Waals surface area contributed by atoms with E-state index in [-0.39, 0.29) is 11.8 Å². The van der Waals surface area contributed by atoms with Gasteiger partial charge in [0.25, 0.3) is 0 Å². The van der Waals surface area contributed by atoms with Gasteiger partial charge in [-0.1, -0.05) is 20.3 Å². The van der Waals surface area contributed by atoms with E-state index in [0.29, 0.717) is 6.54 Å². The second kappa shape index (κ2) is 5.96. The average Bonchev–Trinajstić information content (AvgIpc) is 2.69. The Balaban J connectivity index is 2.44. The summed E-state index contributed by atoms with van der Waals surface area (Å²) in [5.41, 5.74) is 8.58. The molecule has 0 radical (unpaired) electrons. The molecular weight excluding hydrogens is 222 g/mol. The van der Waals surface area contributed by atoms with Crippen molar-refractivity contribution in [2.45, 2.75) is 39.8 Å². The summed E-state index contributed by atoms with van der Waals surface area (Å²) >= 11 is 1.55. The first-order chi connectivity index (χ1) is 7.56. The number of amides is 1. The lowest BCUT2D eigenvalue weighted by Gasteiger charge is -2.17. The van der Waals surface area contributed by atoms with E-state index in [0.717, 1.165) is 17.0 Å². The van der Waals surface area contributed by atoms with Gasteiger partial charge in [0.1, 0.15) is 0 Å². The molecule has 1 heterocycles. The molecule has 0 fully saturated rings. The SMILES string of the molecule is CCC(C)[C@H](N)C(=O)NCc1scnc1C. The molecule has 0 aromatic carbocycles. The van der Waals surface area contributed by atoms with E-state index in [1.54, 1.807) is 16.8 Å². The van der Waals surface area contributed by atoms with Crippen molar-refractivity contribution in [1.82, 2.24) is 10.3 Å². The largest absolute Gasteiger partial charge is 0.350 e. The molecule has 3 N–H and O–H groups in total. The molecule has 0 aliphatic carbocycles. The van der Waals surface area contributed by atoms with Gasteiger partial charge in [0.2, 0.25) is 5.91 Å². The van der Waals surface area contributed by atoms with Gasteiger partial charge in [0.15, 0.2) is 0 Å². The lowest BCUT2D eigenvalue weighted by molar-refractivity contribution is -0.123. The molecule has 0 aliphatic rings. The van der Waals surface area contributed by atoms with Crippen molar-refractivity contribution in [3.63, 3.8) is 0 Å². The zero-order valence-electron chi connectivity index (χ0n) is 9.99. The molecule has 16 heavy (non-hydrogen) atoms. The Hall–Kier alpha value is -0.940. The van der Waals surface area contributed by atoms with Gasteiger partial charge >= 0.3 is 0 Å². The summed E-state index contributed by atoms with van der Waals surface area (Å²) in [6.45, 7) is 6.49. The molecule has 0 spiro atoms. The van der Waals surface area contributed by atoms with Crippen LogP contribution >= 0.6 is 11.3 Å². The van der Waals surface area contributed by atoms with Crippen molar-refractivity contribution in [1.29, 1.82) is 0 Å². The van der Waals surface area contributed by atoms with Crippen LogP contribution in [-0.4, -0.2) is 16.9 Å². The monoisotopic (exact) mass is 241 g/mol. The standard InChI is InChI=1S/C11H19N3OS/c1-4-7(2)10(12)11(15)13-5-9-8(3)14-6-16-9/h6-7,10H,4-5,12H2,1-3H3,(H,13,15)/t7?,10-/m0/s1. The average molecular weight is 241 g/mol. The minimum absolute atomic E-state index is 0.0813. The fourth-order valence-electron chi connectivity index (χ4n) is 1.29. The number of rotatable bonds is 5. The Morgan fingerprint density at radius 2 is 2.38 bits per heavy atom. The summed E-state index contributed by atoms with van der Waals surface area (Å²) in [5, 5.41) is 2.85.